The molecule has 0 aromatic rings. The van der Waals surface area contributed by atoms with Gasteiger partial charge in [0.15, 0.2) is 0 Å². The van der Waals surface area contributed by atoms with E-state index in [1.165, 1.54) is 0 Å². The van der Waals surface area contributed by atoms with Gasteiger partial charge in [-0.1, -0.05) is 0 Å². The molecule has 0 saturated carbocycles. The molecule has 0 aromatic heterocycles. The Hall–Kier alpha value is -0.850. The fraction of sp³-hybridized carbons (Fsp3) is 0.800. The number of likely N-dealkylation sites (N-methyl/N-ethyl adjacent to an activating group) is 1. The first-order valence-electron chi connectivity index (χ1n) is 5.71. The number of piperazine rings is 1. The minimum atomic E-state index is -0.607. The van der Waals surface area contributed by atoms with Crippen LogP contribution in [0.15, 0.2) is 0 Å². The van der Waals surface area contributed by atoms with Crippen LogP contribution in [0, 0.1) is 0 Å². The Morgan fingerprint density at radius 1 is 1.18 bits per heavy atom. The zero-order valence-corrected chi connectivity index (χ0v) is 10.8. The van der Waals surface area contributed by atoms with Gasteiger partial charge in [0.1, 0.15) is 0 Å². The number of hydrogen-bond donors (Lipinski definition) is 2. The van der Waals surface area contributed by atoms with Crippen molar-refractivity contribution < 1.29 is 9.59 Å². The zero-order chi connectivity index (χ0) is 12.7. The van der Waals surface area contributed by atoms with Crippen LogP contribution >= 0.6 is 11.6 Å². The number of nitrogens with zero attached hydrogens (tertiary/aromatic N) is 2. The molecule has 1 aliphatic rings. The van der Waals surface area contributed by atoms with Crippen LogP contribution in [0.2, 0.25) is 0 Å². The average molecular weight is 263 g/mol. The lowest BCUT2D eigenvalue weighted by atomic mass is 10.4. The van der Waals surface area contributed by atoms with Crippen LogP contribution in [0.25, 0.3) is 0 Å². The van der Waals surface area contributed by atoms with Gasteiger partial charge in [0.25, 0.3) is 0 Å². The molecule has 98 valence electrons. The molecule has 0 radical (unpaired) electrons. The molecule has 0 spiro atoms. The van der Waals surface area contributed by atoms with Gasteiger partial charge in [0.2, 0.25) is 0 Å². The van der Waals surface area contributed by atoms with Crippen LogP contribution in [0.3, 0.4) is 0 Å². The van der Waals surface area contributed by atoms with E-state index >= 15 is 0 Å². The number of carbonyl (C=O) groups is 2. The van der Waals surface area contributed by atoms with Crippen LogP contribution in [0.1, 0.15) is 6.42 Å². The molecule has 17 heavy (non-hydrogen) atoms. The number of rotatable bonds is 4. The smallest absolute Gasteiger partial charge is 0.323 e. The Balaban J connectivity index is 2.21. The summed E-state index contributed by atoms with van der Waals surface area (Å²) in [6, 6.07) is 0. The fourth-order valence-electron chi connectivity index (χ4n) is 1.46. The molecule has 0 aliphatic carbocycles. The topological polar surface area (TPSA) is 64.7 Å². The number of carbonyl (C=O) groups excluding carboxylic acids is 2. The van der Waals surface area contributed by atoms with Crippen LogP contribution in [-0.4, -0.2) is 67.4 Å². The number of hydrazine groups is 1. The average Bonchev–Trinajstić information content (AvgIpc) is 2.32. The Labute approximate surface area is 106 Å². The number of amides is 2. The normalized spacial score (nSPS) is 17.8. The lowest BCUT2D eigenvalue weighted by molar-refractivity contribution is -0.142. The highest BCUT2D eigenvalue weighted by atomic mass is 35.5. The number of hydrogen-bond acceptors (Lipinski definition) is 4. The third kappa shape index (κ3) is 5.34. The molecule has 0 aromatic carbocycles. The Morgan fingerprint density at radius 3 is 2.41 bits per heavy atom. The SMILES string of the molecule is CN1CCN(NC(=O)C(=O)NCCCCl)CC1. The van der Waals surface area contributed by atoms with Gasteiger partial charge in [-0.3, -0.25) is 15.0 Å². The van der Waals surface area contributed by atoms with Crippen molar-refractivity contribution in [3.05, 3.63) is 0 Å². The minimum absolute atomic E-state index is 0.429. The van der Waals surface area contributed by atoms with Crippen molar-refractivity contribution in [2.45, 2.75) is 6.42 Å². The fourth-order valence-corrected chi connectivity index (χ4v) is 1.60. The summed E-state index contributed by atoms with van der Waals surface area (Å²) in [5.41, 5.74) is 2.59. The largest absolute Gasteiger partial charge is 0.348 e. The molecule has 0 atom stereocenters. The lowest BCUT2D eigenvalue weighted by Crippen LogP contribution is -2.55. The van der Waals surface area contributed by atoms with Crippen molar-refractivity contribution in [2.75, 3.05) is 45.7 Å². The van der Waals surface area contributed by atoms with Crippen molar-refractivity contribution in [1.82, 2.24) is 20.7 Å². The van der Waals surface area contributed by atoms with E-state index < -0.39 is 11.8 Å². The van der Waals surface area contributed by atoms with Gasteiger partial charge < -0.3 is 10.2 Å². The Morgan fingerprint density at radius 2 is 1.82 bits per heavy atom. The molecule has 1 saturated heterocycles. The molecule has 0 bridgehead atoms. The van der Waals surface area contributed by atoms with Gasteiger partial charge in [-0.2, -0.15) is 0 Å². The van der Waals surface area contributed by atoms with Gasteiger partial charge in [-0.05, 0) is 13.5 Å². The molecule has 1 fully saturated rings. The summed E-state index contributed by atoms with van der Waals surface area (Å²) in [6.07, 6.45) is 0.662. The van der Waals surface area contributed by atoms with E-state index in [9.17, 15) is 9.59 Å². The maximum Gasteiger partial charge on any atom is 0.323 e. The highest BCUT2D eigenvalue weighted by Crippen LogP contribution is 1.95. The molecule has 1 heterocycles. The predicted molar refractivity (Wildman–Crippen MR) is 65.6 cm³/mol. The summed E-state index contributed by atoms with van der Waals surface area (Å²) in [6.45, 7) is 3.66. The van der Waals surface area contributed by atoms with Crippen LogP contribution in [0.4, 0.5) is 0 Å². The van der Waals surface area contributed by atoms with E-state index in [1.54, 1.807) is 5.01 Å². The monoisotopic (exact) mass is 262 g/mol. The third-order valence-corrected chi connectivity index (χ3v) is 2.83. The zero-order valence-electron chi connectivity index (χ0n) is 10.0. The number of nitrogens with one attached hydrogen (secondary N) is 2. The third-order valence-electron chi connectivity index (χ3n) is 2.57. The quantitative estimate of drug-likeness (QED) is 0.388. The standard InChI is InChI=1S/C10H19ClN4O2/c1-14-5-7-15(8-6-14)13-10(17)9(16)12-4-2-3-11/h2-8H2,1H3,(H,12,16)(H,13,17). The maximum atomic E-state index is 11.5. The van der Waals surface area contributed by atoms with E-state index in [0.29, 0.717) is 18.8 Å². The summed E-state index contributed by atoms with van der Waals surface area (Å²) in [5.74, 6) is -0.737. The highest BCUT2D eigenvalue weighted by molar-refractivity contribution is 6.34. The first-order valence-corrected chi connectivity index (χ1v) is 6.25. The number of halogens is 1. The van der Waals surface area contributed by atoms with Gasteiger partial charge in [0.05, 0.1) is 0 Å². The molecule has 0 unspecified atom stereocenters. The molecular weight excluding hydrogens is 244 g/mol. The van der Waals surface area contributed by atoms with Crippen molar-refractivity contribution in [2.24, 2.45) is 0 Å². The molecule has 7 heteroatoms. The molecule has 2 N–H and O–H groups in total. The molecule has 2 amide bonds. The first kappa shape index (κ1) is 14.2. The van der Waals surface area contributed by atoms with E-state index in [1.807, 2.05) is 7.05 Å². The van der Waals surface area contributed by atoms with Gasteiger partial charge in [-0.15, -0.1) is 11.6 Å². The minimum Gasteiger partial charge on any atom is -0.348 e. The molecule has 1 aliphatic heterocycles. The van der Waals surface area contributed by atoms with Crippen LogP contribution in [-0.2, 0) is 9.59 Å². The van der Waals surface area contributed by atoms with E-state index in [0.717, 1.165) is 26.2 Å². The van der Waals surface area contributed by atoms with Gasteiger partial charge in [-0.25, -0.2) is 5.01 Å². The van der Waals surface area contributed by atoms with Crippen LogP contribution in [0.5, 0.6) is 0 Å². The molecule has 1 rings (SSSR count). The van der Waals surface area contributed by atoms with Crippen molar-refractivity contribution in [3.8, 4) is 0 Å². The Kier molecular flexibility index (Phi) is 6.25. The summed E-state index contributed by atoms with van der Waals surface area (Å²) in [5, 5.41) is 4.28. The second-order valence-electron chi connectivity index (χ2n) is 4.03. The lowest BCUT2D eigenvalue weighted by Gasteiger charge is -2.32. The van der Waals surface area contributed by atoms with E-state index in [2.05, 4.69) is 15.6 Å². The van der Waals surface area contributed by atoms with Crippen molar-refractivity contribution >= 4 is 23.4 Å². The number of alkyl halides is 1. The highest BCUT2D eigenvalue weighted by Gasteiger charge is 2.19. The van der Waals surface area contributed by atoms with Crippen LogP contribution < -0.4 is 10.7 Å². The molecular formula is C10H19ClN4O2. The maximum absolute atomic E-state index is 11.5. The summed E-state index contributed by atoms with van der Waals surface area (Å²) in [4.78, 5) is 25.0. The first-order chi connectivity index (χ1) is 8.13. The van der Waals surface area contributed by atoms with Gasteiger partial charge in [0, 0.05) is 38.6 Å². The molecule has 6 nitrogen and oxygen atoms in total. The Bertz CT molecular complexity index is 267. The summed E-state index contributed by atoms with van der Waals surface area (Å²) >= 11 is 5.47. The van der Waals surface area contributed by atoms with E-state index in [4.69, 9.17) is 11.6 Å². The second kappa shape index (κ2) is 7.47. The van der Waals surface area contributed by atoms with Crippen molar-refractivity contribution in [3.63, 3.8) is 0 Å². The van der Waals surface area contributed by atoms with Gasteiger partial charge >= 0.3 is 11.8 Å². The predicted octanol–water partition coefficient (Wildman–Crippen LogP) is -0.990. The second-order valence-corrected chi connectivity index (χ2v) is 4.41. The van der Waals surface area contributed by atoms with Crippen molar-refractivity contribution in [1.29, 1.82) is 0 Å². The summed E-state index contributed by atoms with van der Waals surface area (Å²) in [7, 11) is 2.03. The van der Waals surface area contributed by atoms with E-state index in [-0.39, 0.29) is 0 Å². The summed E-state index contributed by atoms with van der Waals surface area (Å²) < 4.78 is 0.